The first-order chi connectivity index (χ1) is 5.70. The molecule has 2 saturated carbocycles. The fourth-order valence-electron chi connectivity index (χ4n) is 2.24. The first-order valence-corrected chi connectivity index (χ1v) is 5.19. The van der Waals surface area contributed by atoms with Crippen LogP contribution in [0.2, 0.25) is 0 Å². The molecule has 0 bridgehead atoms. The molecule has 0 saturated heterocycles. The van der Waals surface area contributed by atoms with Crippen molar-refractivity contribution in [2.45, 2.75) is 50.1 Å². The Balaban J connectivity index is 1.77. The lowest BCUT2D eigenvalue weighted by Gasteiger charge is -2.45. The minimum Gasteiger partial charge on any atom is -0.324 e. The van der Waals surface area contributed by atoms with Gasteiger partial charge in [0.15, 0.2) is 0 Å². The van der Waals surface area contributed by atoms with E-state index in [4.69, 9.17) is 5.73 Å². The molecule has 0 aliphatic heterocycles. The van der Waals surface area contributed by atoms with Gasteiger partial charge >= 0.3 is 0 Å². The number of likely N-dealkylation sites (N-methyl/N-ethyl adjacent to an activating group) is 1. The zero-order valence-corrected chi connectivity index (χ0v) is 8.05. The summed E-state index contributed by atoms with van der Waals surface area (Å²) in [7, 11) is 2.23. The molecule has 0 radical (unpaired) electrons. The van der Waals surface area contributed by atoms with E-state index in [1.165, 1.54) is 38.5 Å². The summed E-state index contributed by atoms with van der Waals surface area (Å²) < 4.78 is 0. The van der Waals surface area contributed by atoms with E-state index in [-0.39, 0.29) is 5.54 Å². The van der Waals surface area contributed by atoms with Crippen molar-refractivity contribution in [3.63, 3.8) is 0 Å². The third-order valence-corrected chi connectivity index (χ3v) is 3.61. The van der Waals surface area contributed by atoms with Crippen LogP contribution in [0.25, 0.3) is 0 Å². The smallest absolute Gasteiger partial charge is 0.0283 e. The van der Waals surface area contributed by atoms with Gasteiger partial charge < -0.3 is 10.6 Å². The van der Waals surface area contributed by atoms with Crippen molar-refractivity contribution in [1.29, 1.82) is 0 Å². The second-order valence-corrected chi connectivity index (χ2v) is 4.72. The number of hydrogen-bond donors (Lipinski definition) is 1. The summed E-state index contributed by atoms with van der Waals surface area (Å²) in [6, 6.07) is 0.853. The first-order valence-electron chi connectivity index (χ1n) is 5.19. The zero-order valence-electron chi connectivity index (χ0n) is 8.05. The molecule has 2 fully saturated rings. The maximum atomic E-state index is 6.18. The molecule has 0 aromatic carbocycles. The molecule has 2 N–H and O–H groups in total. The fraction of sp³-hybridized carbons (Fsp3) is 1.00. The van der Waals surface area contributed by atoms with Crippen LogP contribution in [0.4, 0.5) is 0 Å². The molecular weight excluding hydrogens is 148 g/mol. The van der Waals surface area contributed by atoms with E-state index in [1.807, 2.05) is 0 Å². The Morgan fingerprint density at radius 2 is 2.00 bits per heavy atom. The molecule has 70 valence electrons. The standard InChI is InChI=1S/C10H20N2/c1-12(9-4-2-5-9)8-10(11)6-3-7-10/h9H,2-8,11H2,1H3. The van der Waals surface area contributed by atoms with Crippen LogP contribution in [0, 0.1) is 0 Å². The molecule has 2 rings (SSSR count). The minimum absolute atomic E-state index is 0.185. The van der Waals surface area contributed by atoms with Crippen molar-refractivity contribution in [3.05, 3.63) is 0 Å². The van der Waals surface area contributed by atoms with Crippen molar-refractivity contribution in [2.24, 2.45) is 5.73 Å². The topological polar surface area (TPSA) is 29.3 Å². The second-order valence-electron chi connectivity index (χ2n) is 4.72. The lowest BCUT2D eigenvalue weighted by Crippen LogP contribution is -2.56. The van der Waals surface area contributed by atoms with Gasteiger partial charge in [0.05, 0.1) is 0 Å². The fourth-order valence-corrected chi connectivity index (χ4v) is 2.24. The quantitative estimate of drug-likeness (QED) is 0.689. The molecule has 12 heavy (non-hydrogen) atoms. The van der Waals surface area contributed by atoms with E-state index in [2.05, 4.69) is 11.9 Å². The van der Waals surface area contributed by atoms with E-state index < -0.39 is 0 Å². The number of hydrogen-bond acceptors (Lipinski definition) is 2. The molecule has 0 unspecified atom stereocenters. The Bertz CT molecular complexity index is 159. The number of rotatable bonds is 3. The third-order valence-electron chi connectivity index (χ3n) is 3.61. The zero-order chi connectivity index (χ0) is 8.60. The summed E-state index contributed by atoms with van der Waals surface area (Å²) in [5, 5.41) is 0. The monoisotopic (exact) mass is 168 g/mol. The van der Waals surface area contributed by atoms with Crippen molar-refractivity contribution >= 4 is 0 Å². The second kappa shape index (κ2) is 3.00. The molecule has 2 nitrogen and oxygen atoms in total. The van der Waals surface area contributed by atoms with Crippen LogP contribution in [0.5, 0.6) is 0 Å². The largest absolute Gasteiger partial charge is 0.324 e. The SMILES string of the molecule is CN(CC1(N)CCC1)C1CCC1. The van der Waals surface area contributed by atoms with Crippen LogP contribution in [0.15, 0.2) is 0 Å². The van der Waals surface area contributed by atoms with Gasteiger partial charge in [-0.05, 0) is 39.2 Å². The van der Waals surface area contributed by atoms with Gasteiger partial charge in [0.25, 0.3) is 0 Å². The van der Waals surface area contributed by atoms with E-state index in [9.17, 15) is 0 Å². The lowest BCUT2D eigenvalue weighted by atomic mass is 9.76. The predicted octanol–water partition coefficient (Wildman–Crippen LogP) is 1.35. The molecule has 0 amide bonds. The highest BCUT2D eigenvalue weighted by Crippen LogP contribution is 2.32. The Kier molecular flexibility index (Phi) is 2.13. The van der Waals surface area contributed by atoms with Crippen molar-refractivity contribution < 1.29 is 0 Å². The molecule has 2 heteroatoms. The normalized spacial score (nSPS) is 28.2. The summed E-state index contributed by atoms with van der Waals surface area (Å²) in [6.45, 7) is 1.12. The van der Waals surface area contributed by atoms with Crippen LogP contribution < -0.4 is 5.73 Å². The Morgan fingerprint density at radius 3 is 2.33 bits per heavy atom. The van der Waals surface area contributed by atoms with Gasteiger partial charge in [-0.15, -0.1) is 0 Å². The van der Waals surface area contributed by atoms with Crippen LogP contribution in [0.3, 0.4) is 0 Å². The Morgan fingerprint density at radius 1 is 1.33 bits per heavy atom. The van der Waals surface area contributed by atoms with Gasteiger partial charge in [-0.2, -0.15) is 0 Å². The Labute approximate surface area is 75.1 Å². The molecule has 0 atom stereocenters. The molecule has 2 aliphatic rings. The number of nitrogens with two attached hydrogens (primary N) is 1. The van der Waals surface area contributed by atoms with E-state index in [0.717, 1.165) is 12.6 Å². The highest BCUT2D eigenvalue weighted by atomic mass is 15.2. The third kappa shape index (κ3) is 1.50. The molecule has 0 heterocycles. The van der Waals surface area contributed by atoms with Crippen LogP contribution in [-0.4, -0.2) is 30.1 Å². The molecule has 0 aromatic rings. The van der Waals surface area contributed by atoms with Gasteiger partial charge in [-0.25, -0.2) is 0 Å². The van der Waals surface area contributed by atoms with Gasteiger partial charge in [0.1, 0.15) is 0 Å². The molecule has 0 spiro atoms. The van der Waals surface area contributed by atoms with Crippen LogP contribution in [-0.2, 0) is 0 Å². The highest BCUT2D eigenvalue weighted by molar-refractivity contribution is 4.96. The van der Waals surface area contributed by atoms with E-state index in [0.29, 0.717) is 0 Å². The van der Waals surface area contributed by atoms with Crippen molar-refractivity contribution in [1.82, 2.24) is 4.90 Å². The molecule has 2 aliphatic carbocycles. The van der Waals surface area contributed by atoms with Crippen LogP contribution in [0.1, 0.15) is 38.5 Å². The molecule has 0 aromatic heterocycles. The maximum absolute atomic E-state index is 6.18. The van der Waals surface area contributed by atoms with Gasteiger partial charge in [-0.1, -0.05) is 6.42 Å². The van der Waals surface area contributed by atoms with Gasteiger partial charge in [0.2, 0.25) is 0 Å². The first kappa shape index (κ1) is 8.52. The Hall–Kier alpha value is -0.0800. The summed E-state index contributed by atoms with van der Waals surface area (Å²) in [5.41, 5.74) is 6.36. The summed E-state index contributed by atoms with van der Waals surface area (Å²) >= 11 is 0. The summed E-state index contributed by atoms with van der Waals surface area (Å²) in [5.74, 6) is 0. The average Bonchev–Trinajstić information content (AvgIpc) is 1.79. The van der Waals surface area contributed by atoms with Gasteiger partial charge in [0, 0.05) is 18.1 Å². The lowest BCUT2D eigenvalue weighted by molar-refractivity contribution is 0.0947. The summed E-state index contributed by atoms with van der Waals surface area (Å²) in [6.07, 6.45) is 8.04. The average molecular weight is 168 g/mol. The predicted molar refractivity (Wildman–Crippen MR) is 51.0 cm³/mol. The minimum atomic E-state index is 0.185. The van der Waals surface area contributed by atoms with E-state index in [1.54, 1.807) is 0 Å². The maximum Gasteiger partial charge on any atom is 0.0283 e. The van der Waals surface area contributed by atoms with E-state index >= 15 is 0 Å². The summed E-state index contributed by atoms with van der Waals surface area (Å²) in [4.78, 5) is 2.47. The number of nitrogens with zero attached hydrogens (tertiary/aromatic N) is 1. The van der Waals surface area contributed by atoms with Crippen molar-refractivity contribution in [2.75, 3.05) is 13.6 Å². The highest BCUT2D eigenvalue weighted by Gasteiger charge is 2.35. The van der Waals surface area contributed by atoms with Crippen LogP contribution >= 0.6 is 0 Å². The van der Waals surface area contributed by atoms with Crippen molar-refractivity contribution in [3.8, 4) is 0 Å². The van der Waals surface area contributed by atoms with Gasteiger partial charge in [-0.3, -0.25) is 0 Å². The molecular formula is C10H20N2.